The van der Waals surface area contributed by atoms with Crippen LogP contribution in [0.2, 0.25) is 0 Å². The summed E-state index contributed by atoms with van der Waals surface area (Å²) in [5, 5.41) is 0. The highest BCUT2D eigenvalue weighted by Gasteiger charge is 2.19. The Morgan fingerprint density at radius 1 is 1.04 bits per heavy atom. The largest absolute Gasteiger partial charge is 0.451 e. The summed E-state index contributed by atoms with van der Waals surface area (Å²) < 4.78 is 5.74. The van der Waals surface area contributed by atoms with Crippen molar-refractivity contribution < 1.29 is 9.21 Å². The number of carbonyl (C=O) groups is 1. The summed E-state index contributed by atoms with van der Waals surface area (Å²) in [5.74, 6) is 0.784. The van der Waals surface area contributed by atoms with Gasteiger partial charge in [-0.25, -0.2) is 0 Å². The van der Waals surface area contributed by atoms with Crippen LogP contribution in [0.25, 0.3) is 11.3 Å². The van der Waals surface area contributed by atoms with Crippen LogP contribution in [0.1, 0.15) is 17.5 Å². The Labute approximate surface area is 135 Å². The van der Waals surface area contributed by atoms with Gasteiger partial charge >= 0.3 is 0 Å². The van der Waals surface area contributed by atoms with Gasteiger partial charge in [0.05, 0.1) is 0 Å². The fourth-order valence-electron chi connectivity index (χ4n) is 2.48. The van der Waals surface area contributed by atoms with E-state index in [2.05, 4.69) is 0 Å². The second-order valence-corrected chi connectivity index (χ2v) is 5.17. The molecule has 0 saturated heterocycles. The van der Waals surface area contributed by atoms with E-state index in [1.807, 2.05) is 61.5 Å². The summed E-state index contributed by atoms with van der Waals surface area (Å²) in [6, 6.07) is 20.4. The van der Waals surface area contributed by atoms with Crippen LogP contribution in [-0.2, 0) is 0 Å². The number of rotatable bonds is 4. The Balaban J connectivity index is 1.89. The summed E-state index contributed by atoms with van der Waals surface area (Å²) in [4.78, 5) is 14.4. The molecule has 116 valence electrons. The van der Waals surface area contributed by atoms with Crippen LogP contribution >= 0.6 is 0 Å². The number of hydrogen-bond donors (Lipinski definition) is 1. The first kappa shape index (κ1) is 14.9. The van der Waals surface area contributed by atoms with Gasteiger partial charge in [0.1, 0.15) is 5.76 Å². The SMILES string of the molecule is CCN(C(=O)c1ccc(-c2cccc(N)c2)o1)c1ccccc1. The summed E-state index contributed by atoms with van der Waals surface area (Å²) >= 11 is 0. The molecule has 0 unspecified atom stereocenters. The van der Waals surface area contributed by atoms with Gasteiger partial charge in [0.15, 0.2) is 5.76 Å². The summed E-state index contributed by atoms with van der Waals surface area (Å²) in [7, 11) is 0. The molecule has 1 amide bonds. The van der Waals surface area contributed by atoms with Gasteiger partial charge in [-0.2, -0.15) is 0 Å². The summed E-state index contributed by atoms with van der Waals surface area (Å²) in [6.45, 7) is 2.50. The van der Waals surface area contributed by atoms with Crippen molar-refractivity contribution >= 4 is 17.3 Å². The van der Waals surface area contributed by atoms with E-state index in [-0.39, 0.29) is 5.91 Å². The standard InChI is InChI=1S/C19H18N2O2/c1-2-21(16-9-4-3-5-10-16)19(22)18-12-11-17(23-18)14-7-6-8-15(20)13-14/h3-13H,2,20H2,1H3. The zero-order valence-corrected chi connectivity index (χ0v) is 12.9. The van der Waals surface area contributed by atoms with E-state index in [4.69, 9.17) is 10.2 Å². The van der Waals surface area contributed by atoms with Crippen molar-refractivity contribution in [3.63, 3.8) is 0 Å². The van der Waals surface area contributed by atoms with E-state index in [0.717, 1.165) is 11.3 Å². The number of nitrogen functional groups attached to an aromatic ring is 1. The fraction of sp³-hybridized carbons (Fsp3) is 0.105. The second-order valence-electron chi connectivity index (χ2n) is 5.17. The van der Waals surface area contributed by atoms with E-state index in [1.165, 1.54) is 0 Å². The number of para-hydroxylation sites is 1. The first-order valence-corrected chi connectivity index (χ1v) is 7.51. The molecule has 4 nitrogen and oxygen atoms in total. The molecule has 0 saturated carbocycles. The number of anilines is 2. The molecular weight excluding hydrogens is 288 g/mol. The number of furan rings is 1. The molecule has 2 aromatic carbocycles. The summed E-state index contributed by atoms with van der Waals surface area (Å²) in [5.41, 5.74) is 8.15. The lowest BCUT2D eigenvalue weighted by molar-refractivity contribution is 0.0962. The van der Waals surface area contributed by atoms with Crippen LogP contribution in [0, 0.1) is 0 Å². The van der Waals surface area contributed by atoms with Crippen molar-refractivity contribution in [2.24, 2.45) is 0 Å². The van der Waals surface area contributed by atoms with Gasteiger partial charge in [-0.1, -0.05) is 30.3 Å². The molecule has 1 aromatic heterocycles. The minimum atomic E-state index is -0.158. The average molecular weight is 306 g/mol. The van der Waals surface area contributed by atoms with Crippen LogP contribution < -0.4 is 10.6 Å². The third-order valence-corrected chi connectivity index (χ3v) is 3.62. The Bertz CT molecular complexity index is 809. The average Bonchev–Trinajstić information content (AvgIpc) is 3.06. The molecule has 2 N–H and O–H groups in total. The lowest BCUT2D eigenvalue weighted by atomic mass is 10.1. The fourth-order valence-corrected chi connectivity index (χ4v) is 2.48. The predicted octanol–water partition coefficient (Wildman–Crippen LogP) is 4.20. The normalized spacial score (nSPS) is 10.5. The highest BCUT2D eigenvalue weighted by Crippen LogP contribution is 2.25. The van der Waals surface area contributed by atoms with E-state index in [9.17, 15) is 4.79 Å². The molecule has 0 aliphatic heterocycles. The lowest BCUT2D eigenvalue weighted by Crippen LogP contribution is -2.30. The zero-order chi connectivity index (χ0) is 16.2. The second kappa shape index (κ2) is 6.40. The highest BCUT2D eigenvalue weighted by molar-refractivity contribution is 6.04. The zero-order valence-electron chi connectivity index (χ0n) is 12.9. The quantitative estimate of drug-likeness (QED) is 0.735. The number of benzene rings is 2. The molecule has 4 heteroatoms. The first-order valence-electron chi connectivity index (χ1n) is 7.51. The van der Waals surface area contributed by atoms with E-state index >= 15 is 0 Å². The molecule has 0 atom stereocenters. The number of nitrogens with zero attached hydrogens (tertiary/aromatic N) is 1. The maximum Gasteiger partial charge on any atom is 0.293 e. The van der Waals surface area contributed by atoms with Crippen molar-refractivity contribution in [2.45, 2.75) is 6.92 Å². The van der Waals surface area contributed by atoms with Gasteiger partial charge in [-0.15, -0.1) is 0 Å². The van der Waals surface area contributed by atoms with E-state index < -0.39 is 0 Å². The molecule has 0 aliphatic carbocycles. The number of hydrogen-bond acceptors (Lipinski definition) is 3. The van der Waals surface area contributed by atoms with Gasteiger partial charge in [-0.3, -0.25) is 4.79 Å². The molecule has 0 fully saturated rings. The third kappa shape index (κ3) is 3.11. The molecule has 1 heterocycles. The summed E-state index contributed by atoms with van der Waals surface area (Å²) in [6.07, 6.45) is 0. The van der Waals surface area contributed by atoms with Crippen molar-refractivity contribution in [1.82, 2.24) is 0 Å². The maximum absolute atomic E-state index is 12.7. The minimum absolute atomic E-state index is 0.158. The molecule has 3 aromatic rings. The Kier molecular flexibility index (Phi) is 4.15. The van der Waals surface area contributed by atoms with Crippen LogP contribution in [0.3, 0.4) is 0 Å². The van der Waals surface area contributed by atoms with Crippen LogP contribution in [0.15, 0.2) is 71.1 Å². The minimum Gasteiger partial charge on any atom is -0.451 e. The first-order chi connectivity index (χ1) is 11.2. The van der Waals surface area contributed by atoms with Gasteiger partial charge in [0, 0.05) is 23.5 Å². The van der Waals surface area contributed by atoms with E-state index in [0.29, 0.717) is 23.8 Å². The van der Waals surface area contributed by atoms with Gasteiger partial charge in [0.25, 0.3) is 5.91 Å². The number of amides is 1. The number of nitrogens with two attached hydrogens (primary N) is 1. The Morgan fingerprint density at radius 2 is 1.83 bits per heavy atom. The van der Waals surface area contributed by atoms with Crippen molar-refractivity contribution in [3.05, 3.63) is 72.5 Å². The van der Waals surface area contributed by atoms with Crippen LogP contribution in [-0.4, -0.2) is 12.5 Å². The van der Waals surface area contributed by atoms with Crippen molar-refractivity contribution in [2.75, 3.05) is 17.2 Å². The molecule has 23 heavy (non-hydrogen) atoms. The molecule has 0 spiro atoms. The predicted molar refractivity (Wildman–Crippen MR) is 92.3 cm³/mol. The molecule has 0 aliphatic rings. The molecular formula is C19H18N2O2. The Morgan fingerprint density at radius 3 is 2.52 bits per heavy atom. The van der Waals surface area contributed by atoms with Crippen LogP contribution in [0.5, 0.6) is 0 Å². The van der Waals surface area contributed by atoms with Crippen LogP contribution in [0.4, 0.5) is 11.4 Å². The Hall–Kier alpha value is -3.01. The highest BCUT2D eigenvalue weighted by atomic mass is 16.4. The van der Waals surface area contributed by atoms with E-state index in [1.54, 1.807) is 17.0 Å². The van der Waals surface area contributed by atoms with Crippen molar-refractivity contribution in [1.29, 1.82) is 0 Å². The monoisotopic (exact) mass is 306 g/mol. The smallest absolute Gasteiger partial charge is 0.293 e. The molecule has 0 bridgehead atoms. The lowest BCUT2D eigenvalue weighted by Gasteiger charge is -2.19. The van der Waals surface area contributed by atoms with Gasteiger partial charge < -0.3 is 15.1 Å². The van der Waals surface area contributed by atoms with Crippen molar-refractivity contribution in [3.8, 4) is 11.3 Å². The topological polar surface area (TPSA) is 59.5 Å². The van der Waals surface area contributed by atoms with Gasteiger partial charge in [0.2, 0.25) is 0 Å². The molecule has 3 rings (SSSR count). The van der Waals surface area contributed by atoms with Gasteiger partial charge in [-0.05, 0) is 43.3 Å². The third-order valence-electron chi connectivity index (χ3n) is 3.62. The maximum atomic E-state index is 12.7. The molecule has 0 radical (unpaired) electrons. The number of carbonyl (C=O) groups excluding carboxylic acids is 1.